The number of ketones is 1. The van der Waals surface area contributed by atoms with Crippen LogP contribution in [-0.2, 0) is 16.0 Å². The van der Waals surface area contributed by atoms with Crippen LogP contribution >= 0.6 is 0 Å². The number of carbonyl (C=O) groups is 2. The Labute approximate surface area is 172 Å². The molecular weight excluding hydrogens is 366 g/mol. The highest BCUT2D eigenvalue weighted by atomic mass is 16.4. The van der Waals surface area contributed by atoms with Crippen molar-refractivity contribution < 1.29 is 14.0 Å². The fourth-order valence-electron chi connectivity index (χ4n) is 3.73. The summed E-state index contributed by atoms with van der Waals surface area (Å²) >= 11 is 0. The molecular formula is C23H31N3O3. The molecule has 0 bridgehead atoms. The SMILES string of the molecule is Cc1ccc(-c2nc(CC(=O)CC(=O)NCCN3CCCCC3C)c(C)o2)cc1. The van der Waals surface area contributed by atoms with E-state index in [1.165, 1.54) is 19.3 Å². The number of benzene rings is 1. The van der Waals surface area contributed by atoms with Crippen molar-refractivity contribution in [1.82, 2.24) is 15.2 Å². The lowest BCUT2D eigenvalue weighted by molar-refractivity contribution is -0.127. The second-order valence-electron chi connectivity index (χ2n) is 8.01. The van der Waals surface area contributed by atoms with E-state index in [1.807, 2.05) is 31.2 Å². The Morgan fingerprint density at radius 3 is 2.69 bits per heavy atom. The molecule has 2 heterocycles. The Kier molecular flexibility index (Phi) is 7.20. The van der Waals surface area contributed by atoms with E-state index in [1.54, 1.807) is 6.92 Å². The van der Waals surface area contributed by atoms with Gasteiger partial charge in [0.25, 0.3) is 0 Å². The first kappa shape index (κ1) is 21.2. The molecule has 156 valence electrons. The van der Waals surface area contributed by atoms with Crippen LogP contribution in [0.1, 0.15) is 49.6 Å². The van der Waals surface area contributed by atoms with Gasteiger partial charge in [-0.2, -0.15) is 0 Å². The summed E-state index contributed by atoms with van der Waals surface area (Å²) in [6.07, 6.45) is 3.71. The number of amides is 1. The highest BCUT2D eigenvalue weighted by molar-refractivity contribution is 5.98. The lowest BCUT2D eigenvalue weighted by atomic mass is 10.0. The first-order valence-electron chi connectivity index (χ1n) is 10.5. The third-order valence-electron chi connectivity index (χ3n) is 5.58. The number of carbonyl (C=O) groups excluding carboxylic acids is 2. The zero-order valence-electron chi connectivity index (χ0n) is 17.7. The summed E-state index contributed by atoms with van der Waals surface area (Å²) in [4.78, 5) is 31.3. The highest BCUT2D eigenvalue weighted by Crippen LogP contribution is 2.22. The van der Waals surface area contributed by atoms with Crippen molar-refractivity contribution in [2.24, 2.45) is 0 Å². The zero-order valence-corrected chi connectivity index (χ0v) is 17.7. The molecule has 0 saturated carbocycles. The quantitative estimate of drug-likeness (QED) is 0.691. The van der Waals surface area contributed by atoms with Crippen LogP contribution in [0.2, 0.25) is 0 Å². The van der Waals surface area contributed by atoms with E-state index in [0.29, 0.717) is 29.9 Å². The molecule has 3 rings (SSSR count). The number of oxazole rings is 1. The Balaban J connectivity index is 1.46. The Morgan fingerprint density at radius 1 is 1.21 bits per heavy atom. The molecule has 0 aliphatic carbocycles. The second kappa shape index (κ2) is 9.83. The van der Waals surface area contributed by atoms with Gasteiger partial charge in [-0.05, 0) is 52.3 Å². The molecule has 1 aliphatic rings. The molecule has 1 N–H and O–H groups in total. The van der Waals surface area contributed by atoms with Crippen LogP contribution in [0.25, 0.3) is 11.5 Å². The number of piperidine rings is 1. The summed E-state index contributed by atoms with van der Waals surface area (Å²) in [6, 6.07) is 8.45. The third kappa shape index (κ3) is 6.00. The molecule has 1 aromatic heterocycles. The second-order valence-corrected chi connectivity index (χ2v) is 8.01. The Morgan fingerprint density at radius 2 is 1.97 bits per heavy atom. The van der Waals surface area contributed by atoms with Crippen LogP contribution in [0, 0.1) is 13.8 Å². The van der Waals surface area contributed by atoms with Crippen molar-refractivity contribution in [3.63, 3.8) is 0 Å². The number of aryl methyl sites for hydroxylation is 2. The third-order valence-corrected chi connectivity index (χ3v) is 5.58. The lowest BCUT2D eigenvalue weighted by Crippen LogP contribution is -2.42. The van der Waals surface area contributed by atoms with Crippen molar-refractivity contribution >= 4 is 11.7 Å². The summed E-state index contributed by atoms with van der Waals surface area (Å²) < 4.78 is 5.72. The van der Waals surface area contributed by atoms with Crippen LogP contribution in [0.5, 0.6) is 0 Å². The largest absolute Gasteiger partial charge is 0.441 e. The number of likely N-dealkylation sites (tertiary alicyclic amines) is 1. The monoisotopic (exact) mass is 397 g/mol. The van der Waals surface area contributed by atoms with Gasteiger partial charge in [0.15, 0.2) is 0 Å². The number of hydrogen-bond donors (Lipinski definition) is 1. The molecule has 29 heavy (non-hydrogen) atoms. The molecule has 6 heteroatoms. The summed E-state index contributed by atoms with van der Waals surface area (Å²) in [5.41, 5.74) is 2.63. The number of nitrogens with one attached hydrogen (secondary N) is 1. The highest BCUT2D eigenvalue weighted by Gasteiger charge is 2.19. The number of rotatable bonds is 8. The zero-order chi connectivity index (χ0) is 20.8. The molecule has 6 nitrogen and oxygen atoms in total. The smallest absolute Gasteiger partial charge is 0.227 e. The van der Waals surface area contributed by atoms with Gasteiger partial charge in [0.05, 0.1) is 18.5 Å². The Bertz CT molecular complexity index is 842. The molecule has 1 saturated heterocycles. The van der Waals surface area contributed by atoms with E-state index in [0.717, 1.165) is 24.2 Å². The Hall–Kier alpha value is -2.47. The van der Waals surface area contributed by atoms with Gasteiger partial charge in [0.2, 0.25) is 11.8 Å². The predicted molar refractivity (Wildman–Crippen MR) is 113 cm³/mol. The van der Waals surface area contributed by atoms with Crippen molar-refractivity contribution in [3.05, 3.63) is 41.3 Å². The maximum absolute atomic E-state index is 12.3. The van der Waals surface area contributed by atoms with Crippen molar-refractivity contribution in [3.8, 4) is 11.5 Å². The summed E-state index contributed by atoms with van der Waals surface area (Å²) in [5.74, 6) is 0.749. The summed E-state index contributed by atoms with van der Waals surface area (Å²) in [6.45, 7) is 8.56. The fraction of sp³-hybridized carbons (Fsp3) is 0.522. The minimum atomic E-state index is -0.223. The van der Waals surface area contributed by atoms with Gasteiger partial charge in [-0.3, -0.25) is 14.5 Å². The van der Waals surface area contributed by atoms with Crippen LogP contribution < -0.4 is 5.32 Å². The van der Waals surface area contributed by atoms with Crippen LogP contribution in [0.4, 0.5) is 0 Å². The van der Waals surface area contributed by atoms with Gasteiger partial charge in [0, 0.05) is 24.7 Å². The van der Waals surface area contributed by atoms with Gasteiger partial charge in [-0.25, -0.2) is 4.98 Å². The number of nitrogens with zero attached hydrogens (tertiary/aromatic N) is 2. The standard InChI is InChI=1S/C23H31N3O3/c1-16-7-9-19(10-8-16)23-25-21(18(3)29-23)14-20(27)15-22(28)24-11-13-26-12-5-4-6-17(26)2/h7-10,17H,4-6,11-15H2,1-3H3,(H,24,28). The van der Waals surface area contributed by atoms with Crippen molar-refractivity contribution in [1.29, 1.82) is 0 Å². The molecule has 0 radical (unpaired) electrons. The van der Waals surface area contributed by atoms with Gasteiger partial charge >= 0.3 is 0 Å². The summed E-state index contributed by atoms with van der Waals surface area (Å²) in [5, 5.41) is 2.87. The minimum Gasteiger partial charge on any atom is -0.441 e. The first-order chi connectivity index (χ1) is 13.9. The number of hydrogen-bond acceptors (Lipinski definition) is 5. The van der Waals surface area contributed by atoms with Gasteiger partial charge < -0.3 is 9.73 Å². The van der Waals surface area contributed by atoms with Crippen molar-refractivity contribution in [2.45, 2.75) is 58.9 Å². The van der Waals surface area contributed by atoms with E-state index in [4.69, 9.17) is 4.42 Å². The lowest BCUT2D eigenvalue weighted by Gasteiger charge is -2.33. The maximum atomic E-state index is 12.3. The van der Waals surface area contributed by atoms with E-state index in [-0.39, 0.29) is 24.5 Å². The van der Waals surface area contributed by atoms with E-state index in [9.17, 15) is 9.59 Å². The average molecular weight is 398 g/mol. The molecule has 2 aromatic rings. The molecule has 1 atom stereocenters. The normalized spacial score (nSPS) is 17.3. The van der Waals surface area contributed by atoms with Crippen molar-refractivity contribution in [2.75, 3.05) is 19.6 Å². The fourth-order valence-corrected chi connectivity index (χ4v) is 3.73. The van der Waals surface area contributed by atoms with E-state index >= 15 is 0 Å². The molecule has 1 amide bonds. The average Bonchev–Trinajstić information content (AvgIpc) is 3.04. The molecule has 0 spiro atoms. The number of Topliss-reactive ketones (excluding diaryl/α,β-unsaturated/α-hetero) is 1. The molecule has 1 aliphatic heterocycles. The van der Waals surface area contributed by atoms with Gasteiger partial charge in [0.1, 0.15) is 11.5 Å². The van der Waals surface area contributed by atoms with Crippen LogP contribution in [0.3, 0.4) is 0 Å². The van der Waals surface area contributed by atoms with Crippen LogP contribution in [0.15, 0.2) is 28.7 Å². The van der Waals surface area contributed by atoms with E-state index in [2.05, 4.69) is 22.1 Å². The summed E-state index contributed by atoms with van der Waals surface area (Å²) in [7, 11) is 0. The maximum Gasteiger partial charge on any atom is 0.227 e. The minimum absolute atomic E-state index is 0.109. The number of aromatic nitrogens is 1. The van der Waals surface area contributed by atoms with Gasteiger partial charge in [-0.15, -0.1) is 0 Å². The molecule has 1 aromatic carbocycles. The molecule has 1 unspecified atom stereocenters. The topological polar surface area (TPSA) is 75.4 Å². The predicted octanol–water partition coefficient (Wildman–Crippen LogP) is 3.45. The van der Waals surface area contributed by atoms with E-state index < -0.39 is 0 Å². The first-order valence-corrected chi connectivity index (χ1v) is 10.5. The van der Waals surface area contributed by atoms with Gasteiger partial charge in [-0.1, -0.05) is 24.1 Å². The van der Waals surface area contributed by atoms with Crippen LogP contribution in [-0.4, -0.2) is 47.3 Å². The molecule has 1 fully saturated rings.